The van der Waals surface area contributed by atoms with Crippen LogP contribution < -0.4 is 9.47 Å². The molecule has 7 nitrogen and oxygen atoms in total. The van der Waals surface area contributed by atoms with Crippen LogP contribution in [0.15, 0.2) is 42.5 Å². The minimum absolute atomic E-state index is 0.265. The molecule has 0 radical (unpaired) electrons. The smallest absolute Gasteiger partial charge is 0.415 e. The first-order valence-corrected chi connectivity index (χ1v) is 14.6. The molecule has 1 saturated carbocycles. The molecule has 0 aliphatic heterocycles. The van der Waals surface area contributed by atoms with Crippen LogP contribution in [-0.2, 0) is 16.0 Å². The average Bonchev–Trinajstić information content (AvgIpc) is 2.92. The van der Waals surface area contributed by atoms with Crippen molar-refractivity contribution in [3.63, 3.8) is 0 Å². The lowest BCUT2D eigenvalue weighted by Gasteiger charge is -2.24. The van der Waals surface area contributed by atoms with Gasteiger partial charge in [-0.3, -0.25) is 0 Å². The topological polar surface area (TPSA) is 85.3 Å². The number of aliphatic carboxylic acids is 1. The first-order chi connectivity index (χ1) is 18.9. The predicted molar refractivity (Wildman–Crippen MR) is 153 cm³/mol. The van der Waals surface area contributed by atoms with Crippen molar-refractivity contribution in [1.29, 1.82) is 0 Å². The molecule has 1 fully saturated rings. The van der Waals surface area contributed by atoms with Crippen LogP contribution in [0.2, 0.25) is 10.0 Å². The van der Waals surface area contributed by atoms with Crippen molar-refractivity contribution in [3.05, 3.63) is 58.1 Å². The zero-order valence-electron chi connectivity index (χ0n) is 22.6. The van der Waals surface area contributed by atoms with Gasteiger partial charge in [0.1, 0.15) is 12.4 Å². The standard InChI is InChI=1S/C30H39Cl2NO6/c1-2-37-28(29(34)35)20-23-11-14-25(15-12-23)38-19-18-33(17-7-6-10-22-8-4-3-5-9-22)30(36)39-27-16-13-24(31)21-26(27)32/h11-16,21-22,28H,2-10,17-20H2,1H3,(H,34,35). The Kier molecular flexibility index (Phi) is 13.2. The minimum atomic E-state index is -0.984. The quantitative estimate of drug-likeness (QED) is 0.218. The molecule has 1 unspecified atom stereocenters. The van der Waals surface area contributed by atoms with E-state index in [1.54, 1.807) is 42.2 Å². The highest BCUT2D eigenvalue weighted by molar-refractivity contribution is 6.35. The number of carboxylic acids is 1. The number of hydrogen-bond donors (Lipinski definition) is 1. The molecule has 1 amide bonds. The molecule has 1 N–H and O–H groups in total. The normalized spacial score (nSPS) is 14.5. The number of carbonyl (C=O) groups is 2. The van der Waals surface area contributed by atoms with Crippen molar-refractivity contribution in [1.82, 2.24) is 4.90 Å². The molecule has 0 bridgehead atoms. The van der Waals surface area contributed by atoms with Crippen LogP contribution in [0.25, 0.3) is 0 Å². The van der Waals surface area contributed by atoms with Crippen LogP contribution in [-0.4, -0.2) is 54.5 Å². The van der Waals surface area contributed by atoms with Gasteiger partial charge in [0.15, 0.2) is 11.9 Å². The molecule has 1 atom stereocenters. The molecule has 214 valence electrons. The summed E-state index contributed by atoms with van der Waals surface area (Å²) < 4.78 is 16.8. The monoisotopic (exact) mass is 579 g/mol. The van der Waals surface area contributed by atoms with Gasteiger partial charge in [0.25, 0.3) is 0 Å². The van der Waals surface area contributed by atoms with Crippen LogP contribution in [0.3, 0.4) is 0 Å². The second kappa shape index (κ2) is 16.6. The fourth-order valence-electron chi connectivity index (χ4n) is 4.85. The van der Waals surface area contributed by atoms with E-state index in [2.05, 4.69) is 0 Å². The summed E-state index contributed by atoms with van der Waals surface area (Å²) in [7, 11) is 0. The summed E-state index contributed by atoms with van der Waals surface area (Å²) in [4.78, 5) is 26.0. The third-order valence-corrected chi connectivity index (χ3v) is 7.51. The summed E-state index contributed by atoms with van der Waals surface area (Å²) in [5, 5.41) is 10.0. The van der Waals surface area contributed by atoms with Gasteiger partial charge < -0.3 is 24.2 Å². The summed E-state index contributed by atoms with van der Waals surface area (Å²) >= 11 is 12.2. The number of amides is 1. The number of carbonyl (C=O) groups excluding carboxylic acids is 1. The predicted octanol–water partition coefficient (Wildman–Crippen LogP) is 7.66. The summed E-state index contributed by atoms with van der Waals surface area (Å²) in [5.74, 6) is 0.718. The zero-order chi connectivity index (χ0) is 28.0. The van der Waals surface area contributed by atoms with Crippen LogP contribution in [0.4, 0.5) is 4.79 Å². The number of unbranched alkanes of at least 4 members (excludes halogenated alkanes) is 1. The Bertz CT molecular complexity index is 1040. The molecule has 3 rings (SSSR count). The van der Waals surface area contributed by atoms with Crippen LogP contribution in [0, 0.1) is 5.92 Å². The van der Waals surface area contributed by atoms with Crippen LogP contribution >= 0.6 is 23.2 Å². The summed E-state index contributed by atoms with van der Waals surface area (Å²) in [5.41, 5.74) is 0.839. The Labute approximate surface area is 241 Å². The fourth-order valence-corrected chi connectivity index (χ4v) is 5.30. The van der Waals surface area contributed by atoms with E-state index in [-0.39, 0.29) is 23.8 Å². The van der Waals surface area contributed by atoms with Gasteiger partial charge in [-0.15, -0.1) is 0 Å². The number of ether oxygens (including phenoxy) is 3. The third kappa shape index (κ3) is 10.9. The van der Waals surface area contributed by atoms with Gasteiger partial charge in [0.2, 0.25) is 0 Å². The molecule has 9 heteroatoms. The third-order valence-electron chi connectivity index (χ3n) is 6.98. The van der Waals surface area contributed by atoms with E-state index < -0.39 is 18.2 Å². The maximum absolute atomic E-state index is 13.0. The average molecular weight is 581 g/mol. The van der Waals surface area contributed by atoms with E-state index in [4.69, 9.17) is 37.4 Å². The Morgan fingerprint density at radius 3 is 2.44 bits per heavy atom. The molecule has 0 spiro atoms. The van der Waals surface area contributed by atoms with Gasteiger partial charge in [-0.05, 0) is 55.2 Å². The van der Waals surface area contributed by atoms with Crippen molar-refractivity contribution >= 4 is 35.3 Å². The van der Waals surface area contributed by atoms with E-state index in [1.165, 1.54) is 38.5 Å². The van der Waals surface area contributed by atoms with Crippen LogP contribution in [0.1, 0.15) is 63.9 Å². The van der Waals surface area contributed by atoms with Gasteiger partial charge in [0.05, 0.1) is 11.6 Å². The number of carboxylic acid groups (broad SMARTS) is 1. The zero-order valence-corrected chi connectivity index (χ0v) is 24.1. The van der Waals surface area contributed by atoms with Gasteiger partial charge >= 0.3 is 12.1 Å². The van der Waals surface area contributed by atoms with Crippen molar-refractivity contribution in [2.24, 2.45) is 5.92 Å². The Hall–Kier alpha value is -2.48. The first kappa shape index (κ1) is 31.1. The molecular weight excluding hydrogens is 541 g/mol. The second-order valence-corrected chi connectivity index (χ2v) is 10.8. The van der Waals surface area contributed by atoms with Crippen molar-refractivity contribution in [2.75, 3.05) is 26.3 Å². The molecule has 0 aromatic heterocycles. The Balaban J connectivity index is 1.53. The highest BCUT2D eigenvalue weighted by Crippen LogP contribution is 2.29. The number of halogens is 2. The van der Waals surface area contributed by atoms with Gasteiger partial charge in [0, 0.05) is 24.6 Å². The highest BCUT2D eigenvalue weighted by Gasteiger charge is 2.20. The Morgan fingerprint density at radius 1 is 1.03 bits per heavy atom. The number of rotatable bonds is 15. The lowest BCUT2D eigenvalue weighted by atomic mass is 9.86. The largest absolute Gasteiger partial charge is 0.492 e. The summed E-state index contributed by atoms with van der Waals surface area (Å²) in [6.45, 7) is 3.30. The summed E-state index contributed by atoms with van der Waals surface area (Å²) in [6, 6.07) is 12.0. The summed E-state index contributed by atoms with van der Waals surface area (Å²) in [6.07, 6.45) is 8.70. The molecule has 39 heavy (non-hydrogen) atoms. The fraction of sp³-hybridized carbons (Fsp3) is 0.533. The molecule has 1 aliphatic rings. The maximum atomic E-state index is 13.0. The second-order valence-electron chi connectivity index (χ2n) is 9.91. The minimum Gasteiger partial charge on any atom is -0.492 e. The molecule has 2 aromatic carbocycles. The van der Waals surface area contributed by atoms with E-state index >= 15 is 0 Å². The van der Waals surface area contributed by atoms with E-state index in [0.29, 0.717) is 30.5 Å². The van der Waals surface area contributed by atoms with Gasteiger partial charge in [-0.1, -0.05) is 80.3 Å². The lowest BCUT2D eigenvalue weighted by Crippen LogP contribution is -2.37. The van der Waals surface area contributed by atoms with Crippen LogP contribution in [0.5, 0.6) is 11.5 Å². The molecule has 1 aliphatic carbocycles. The van der Waals surface area contributed by atoms with E-state index in [0.717, 1.165) is 24.3 Å². The molecule has 2 aromatic rings. The van der Waals surface area contributed by atoms with Crippen molar-refractivity contribution in [2.45, 2.75) is 70.8 Å². The first-order valence-electron chi connectivity index (χ1n) is 13.8. The lowest BCUT2D eigenvalue weighted by molar-refractivity contribution is -0.149. The SMILES string of the molecule is CCOC(Cc1ccc(OCCN(CCCCC2CCCCC2)C(=O)Oc2ccc(Cl)cc2Cl)cc1)C(=O)O. The molecular formula is C30H39Cl2NO6. The maximum Gasteiger partial charge on any atom is 0.415 e. The number of benzene rings is 2. The van der Waals surface area contributed by atoms with Crippen molar-refractivity contribution in [3.8, 4) is 11.5 Å². The molecule has 0 heterocycles. The van der Waals surface area contributed by atoms with E-state index in [9.17, 15) is 14.7 Å². The van der Waals surface area contributed by atoms with E-state index in [1.807, 2.05) is 12.1 Å². The number of nitrogens with zero attached hydrogens (tertiary/aromatic N) is 1. The van der Waals surface area contributed by atoms with Crippen molar-refractivity contribution < 1.29 is 28.9 Å². The van der Waals surface area contributed by atoms with Gasteiger partial charge in [-0.2, -0.15) is 0 Å². The number of hydrogen-bond acceptors (Lipinski definition) is 5. The Morgan fingerprint density at radius 2 is 1.77 bits per heavy atom. The van der Waals surface area contributed by atoms with Gasteiger partial charge in [-0.25, -0.2) is 9.59 Å². The molecule has 0 saturated heterocycles. The highest BCUT2D eigenvalue weighted by atomic mass is 35.5.